The fraction of sp³-hybridized carbons (Fsp3) is 0.452. The number of ether oxygens (including phenoxy) is 3. The number of hydrogen-bond acceptors (Lipinski definition) is 17. The highest BCUT2D eigenvalue weighted by Crippen LogP contribution is 2.37. The van der Waals surface area contributed by atoms with Gasteiger partial charge in [-0.1, -0.05) is 62.3 Å². The van der Waals surface area contributed by atoms with Crippen LogP contribution >= 0.6 is 11.3 Å². The number of azo groups is 1. The lowest BCUT2D eigenvalue weighted by Gasteiger charge is -2.17. The van der Waals surface area contributed by atoms with Crippen molar-refractivity contribution < 1.29 is 23.8 Å². The van der Waals surface area contributed by atoms with Crippen molar-refractivity contribution in [3.63, 3.8) is 0 Å². The Bertz CT molecular complexity index is 2330. The largest absolute Gasteiger partial charge is 0.469 e. The van der Waals surface area contributed by atoms with Gasteiger partial charge in [-0.25, -0.2) is 9.67 Å². The maximum Gasteiger partial charge on any atom is 0.308 e. The average molecular weight is 839 g/mol. The molecule has 3 unspecified atom stereocenters. The van der Waals surface area contributed by atoms with Crippen molar-refractivity contribution in [1.82, 2.24) is 30.0 Å². The molecule has 0 saturated carbocycles. The molecule has 18 heteroatoms. The van der Waals surface area contributed by atoms with Crippen molar-refractivity contribution in [3.05, 3.63) is 64.3 Å². The minimum atomic E-state index is -0.268. The maximum absolute atomic E-state index is 12.4. The van der Waals surface area contributed by atoms with Crippen LogP contribution in [0.4, 0.5) is 34.8 Å². The van der Waals surface area contributed by atoms with Crippen LogP contribution in [0.2, 0.25) is 0 Å². The smallest absolute Gasteiger partial charge is 0.308 e. The fourth-order valence-electron chi connectivity index (χ4n) is 6.20. The van der Waals surface area contributed by atoms with Crippen LogP contribution in [0.25, 0.3) is 15.3 Å². The number of thiazole rings is 1. The topological polar surface area (TPSA) is 215 Å². The van der Waals surface area contributed by atoms with Crippen LogP contribution in [-0.4, -0.2) is 83.2 Å². The van der Waals surface area contributed by atoms with Gasteiger partial charge in [0.25, 0.3) is 0 Å². The van der Waals surface area contributed by atoms with E-state index in [1.807, 2.05) is 59.7 Å². The van der Waals surface area contributed by atoms with E-state index in [-0.39, 0.29) is 73.1 Å². The van der Waals surface area contributed by atoms with Gasteiger partial charge in [0.05, 0.1) is 49.1 Å². The number of nitrogens with one attached hydrogen (secondary N) is 4. The summed E-state index contributed by atoms with van der Waals surface area (Å²) in [6.07, 6.45) is 2.74. The number of carbonyl (C=O) groups excluding carboxylic acids is 2. The lowest BCUT2D eigenvalue weighted by Crippen LogP contribution is -2.28. The average Bonchev–Trinajstić information content (AvgIpc) is 3.86. The highest BCUT2D eigenvalue weighted by molar-refractivity contribution is 7.20. The minimum Gasteiger partial charge on any atom is -0.469 e. The van der Waals surface area contributed by atoms with Crippen molar-refractivity contribution in [1.29, 1.82) is 5.26 Å². The molecular weight excluding hydrogens is 785 g/mol. The molecule has 0 saturated heterocycles. The first-order valence-corrected chi connectivity index (χ1v) is 20.7. The van der Waals surface area contributed by atoms with Gasteiger partial charge >= 0.3 is 11.9 Å². The summed E-state index contributed by atoms with van der Waals surface area (Å²) in [5.74, 6) is 0.702. The Kier molecular flexibility index (Phi) is 16.0. The van der Waals surface area contributed by atoms with Crippen LogP contribution in [0, 0.1) is 43.9 Å². The number of fused-ring (bicyclic) bond motifs is 1. The molecule has 0 aliphatic heterocycles. The quantitative estimate of drug-likeness (QED) is 0.0313. The second kappa shape index (κ2) is 21.3. The molecule has 0 aliphatic rings. The molecule has 0 radical (unpaired) electrons. The summed E-state index contributed by atoms with van der Waals surface area (Å²) >= 11 is 1.42. The normalized spacial score (nSPS) is 12.9. The van der Waals surface area contributed by atoms with Gasteiger partial charge in [-0.05, 0) is 62.4 Å². The molecule has 3 atom stereocenters. The number of aromatic nitrogens is 5. The molecule has 3 aromatic heterocycles. The summed E-state index contributed by atoms with van der Waals surface area (Å²) < 4.78 is 18.4. The maximum atomic E-state index is 12.4. The zero-order valence-corrected chi connectivity index (χ0v) is 36.5. The third-order valence-electron chi connectivity index (χ3n) is 9.96. The van der Waals surface area contributed by atoms with Gasteiger partial charge in [-0.3, -0.25) is 9.59 Å². The zero-order chi connectivity index (χ0) is 43.3. The molecule has 5 aromatic rings. The van der Waals surface area contributed by atoms with Gasteiger partial charge in [-0.15, -0.1) is 15.3 Å². The number of hydrogen-bond donors (Lipinski definition) is 4. The van der Waals surface area contributed by atoms with Crippen molar-refractivity contribution >= 4 is 68.3 Å². The van der Waals surface area contributed by atoms with E-state index in [1.54, 1.807) is 13.2 Å². The standard InChI is InChI=1S/C42H54N12O5S/c1-10-25(3)29(7)40(56)59-16-15-58-14-13-45-38-36(39(50-41(44-8)49-38)48-35-26(4)17-24(2)18-27(35)5)51-52-37-31(21-43)23-54(53-37)42-47-32-12-11-30(20-33(32)60-42)22-46-28(6)19-34(55)57-9/h11-12,17-18,20,23,25,28-29,46H,10,13-16,19,22H2,1-9H3,(H3,44,45,48,49,50). The molecular formula is C42H54N12O5S. The number of rotatable bonds is 21. The van der Waals surface area contributed by atoms with E-state index in [0.29, 0.717) is 35.8 Å². The molecule has 2 aromatic carbocycles. The molecule has 318 valence electrons. The summed E-state index contributed by atoms with van der Waals surface area (Å²) in [6, 6.07) is 12.2. The predicted molar refractivity (Wildman–Crippen MR) is 233 cm³/mol. The minimum absolute atomic E-state index is 0.0553. The van der Waals surface area contributed by atoms with Crippen molar-refractivity contribution in [2.45, 2.75) is 73.9 Å². The van der Waals surface area contributed by atoms with E-state index in [1.165, 1.54) is 23.1 Å². The first kappa shape index (κ1) is 45.1. The Balaban J connectivity index is 1.38. The molecule has 4 N–H and O–H groups in total. The number of carbonyl (C=O) groups is 2. The lowest BCUT2D eigenvalue weighted by molar-refractivity contribution is -0.151. The molecule has 17 nitrogen and oxygen atoms in total. The monoisotopic (exact) mass is 838 g/mol. The Morgan fingerprint density at radius 1 is 1.00 bits per heavy atom. The Morgan fingerprint density at radius 3 is 2.45 bits per heavy atom. The number of nitriles is 1. The number of benzene rings is 2. The third-order valence-corrected chi connectivity index (χ3v) is 11.0. The Labute approximate surface area is 354 Å². The fourth-order valence-corrected chi connectivity index (χ4v) is 7.16. The van der Waals surface area contributed by atoms with Gasteiger partial charge in [0.2, 0.25) is 16.9 Å². The zero-order valence-electron chi connectivity index (χ0n) is 35.7. The lowest BCUT2D eigenvalue weighted by atomic mass is 9.94. The summed E-state index contributed by atoms with van der Waals surface area (Å²) in [5, 5.41) is 37.5. The number of aryl methyl sites for hydroxylation is 3. The van der Waals surface area contributed by atoms with Gasteiger partial charge in [0, 0.05) is 31.9 Å². The van der Waals surface area contributed by atoms with Crippen LogP contribution < -0.4 is 21.3 Å². The second-order valence-electron chi connectivity index (χ2n) is 14.6. The molecule has 3 heterocycles. The second-order valence-corrected chi connectivity index (χ2v) is 15.6. The number of nitrogens with zero attached hydrogens (tertiary/aromatic N) is 8. The van der Waals surface area contributed by atoms with Gasteiger partial charge in [0.1, 0.15) is 18.2 Å². The molecule has 0 spiro atoms. The first-order chi connectivity index (χ1) is 28.8. The predicted octanol–water partition coefficient (Wildman–Crippen LogP) is 7.96. The third kappa shape index (κ3) is 11.8. The Morgan fingerprint density at radius 2 is 1.75 bits per heavy atom. The van der Waals surface area contributed by atoms with Crippen LogP contribution in [0.1, 0.15) is 68.4 Å². The first-order valence-electron chi connectivity index (χ1n) is 19.9. The highest BCUT2D eigenvalue weighted by Gasteiger charge is 2.21. The molecule has 5 rings (SSSR count). The molecule has 0 amide bonds. The van der Waals surface area contributed by atoms with Crippen LogP contribution in [0.3, 0.4) is 0 Å². The Hall–Kier alpha value is -6.03. The van der Waals surface area contributed by atoms with Crippen LogP contribution in [0.15, 0.2) is 46.8 Å². The number of anilines is 4. The highest BCUT2D eigenvalue weighted by atomic mass is 32.1. The van der Waals surface area contributed by atoms with Crippen molar-refractivity contribution in [2.24, 2.45) is 22.1 Å². The van der Waals surface area contributed by atoms with E-state index in [0.717, 1.165) is 44.6 Å². The van der Waals surface area contributed by atoms with Gasteiger partial charge in [0.15, 0.2) is 17.3 Å². The van der Waals surface area contributed by atoms with Crippen LogP contribution in [0.5, 0.6) is 0 Å². The molecule has 60 heavy (non-hydrogen) atoms. The summed E-state index contributed by atoms with van der Waals surface area (Å²) in [4.78, 5) is 38.1. The van der Waals surface area contributed by atoms with Crippen molar-refractivity contribution in [2.75, 3.05) is 56.5 Å². The van der Waals surface area contributed by atoms with Gasteiger partial charge < -0.3 is 35.5 Å². The summed E-state index contributed by atoms with van der Waals surface area (Å²) in [6.45, 7) is 15.5. The van der Waals surface area contributed by atoms with E-state index >= 15 is 0 Å². The van der Waals surface area contributed by atoms with Crippen LogP contribution in [-0.2, 0) is 30.3 Å². The molecule has 0 bridgehead atoms. The molecule has 0 aliphatic carbocycles. The van der Waals surface area contributed by atoms with Crippen molar-refractivity contribution in [3.8, 4) is 11.2 Å². The number of esters is 2. The van der Waals surface area contributed by atoms with E-state index in [2.05, 4.69) is 66.7 Å². The summed E-state index contributed by atoms with van der Waals surface area (Å²) in [5.41, 5.74) is 6.28. The van der Waals surface area contributed by atoms with E-state index in [9.17, 15) is 14.9 Å². The van der Waals surface area contributed by atoms with Gasteiger partial charge in [-0.2, -0.15) is 15.2 Å². The van der Waals surface area contributed by atoms with E-state index in [4.69, 9.17) is 24.2 Å². The molecule has 0 fully saturated rings. The number of methoxy groups -OCH3 is 1. The van der Waals surface area contributed by atoms with E-state index < -0.39 is 0 Å². The summed E-state index contributed by atoms with van der Waals surface area (Å²) in [7, 11) is 3.10. The SMILES string of the molecule is CCC(C)C(C)C(=O)OCCOCCNc1nc(NC)nc(Nc2c(C)cc(C)cc2C)c1N=Nc1nn(-c2nc3ccc(CNC(C)CC(=O)OC)cc3s2)cc1C#N.